The molecule has 0 heterocycles. The summed E-state index contributed by atoms with van der Waals surface area (Å²) in [5, 5.41) is 6.33. The SMILES string of the molecule is CC(C)(C)OC(=O)N[C@H]1[C@H]2CCCCC[C@]1(C)c1cc(OC(=O)CCCCCCCCC(=O)Oc3cc(F)c4c(c3)[C@@]3(C)CCCCC[C@@H](C4)[C@@H]3NC(=O)OC(C)(C)C)cc(F)c1C2. The number of unbranched alkanes of at least 4 members (excludes halogenated alkanes) is 5. The van der Waals surface area contributed by atoms with E-state index in [1.165, 1.54) is 12.1 Å². The number of benzene rings is 2. The van der Waals surface area contributed by atoms with Gasteiger partial charge in [-0.15, -0.1) is 0 Å². The fourth-order valence-corrected chi connectivity index (χ4v) is 11.2. The molecule has 0 unspecified atom stereocenters. The summed E-state index contributed by atoms with van der Waals surface area (Å²) in [4.78, 5) is 52.0. The zero-order valence-electron chi connectivity index (χ0n) is 39.8. The van der Waals surface area contributed by atoms with Crippen LogP contribution in [0.25, 0.3) is 0 Å². The lowest BCUT2D eigenvalue weighted by Crippen LogP contribution is -2.57. The van der Waals surface area contributed by atoms with Crippen molar-refractivity contribution < 1.29 is 46.9 Å². The molecule has 0 saturated heterocycles. The minimum Gasteiger partial charge on any atom is -0.444 e. The van der Waals surface area contributed by atoms with Gasteiger partial charge in [0, 0.05) is 47.9 Å². The van der Waals surface area contributed by atoms with E-state index in [9.17, 15) is 19.2 Å². The Balaban J connectivity index is 0.958. The molecule has 2 amide bonds. The predicted molar refractivity (Wildman–Crippen MR) is 243 cm³/mol. The van der Waals surface area contributed by atoms with Crippen LogP contribution >= 0.6 is 0 Å². The van der Waals surface area contributed by atoms with Crippen LogP contribution < -0.4 is 20.1 Å². The maximum Gasteiger partial charge on any atom is 0.407 e. The van der Waals surface area contributed by atoms with E-state index >= 15 is 8.78 Å². The number of alkyl carbamates (subject to hydrolysis) is 2. The van der Waals surface area contributed by atoms with E-state index in [0.29, 0.717) is 36.8 Å². The second kappa shape index (κ2) is 20.5. The largest absolute Gasteiger partial charge is 0.444 e. The molecule has 0 spiro atoms. The lowest BCUT2D eigenvalue weighted by atomic mass is 9.59. The van der Waals surface area contributed by atoms with Crippen LogP contribution in [0, 0.1) is 23.5 Å². The lowest BCUT2D eigenvalue weighted by Gasteiger charge is -2.49. The Morgan fingerprint density at radius 3 is 1.33 bits per heavy atom. The summed E-state index contributed by atoms with van der Waals surface area (Å²) in [5.74, 6) is -1.08. The van der Waals surface area contributed by atoms with E-state index in [1.807, 2.05) is 41.5 Å². The van der Waals surface area contributed by atoms with E-state index in [0.717, 1.165) is 101 Å². The predicted octanol–water partition coefficient (Wildman–Crippen LogP) is 12.2. The summed E-state index contributed by atoms with van der Waals surface area (Å²) < 4.78 is 54.3. The highest BCUT2D eigenvalue weighted by Gasteiger charge is 2.49. The van der Waals surface area contributed by atoms with Crippen molar-refractivity contribution in [3.63, 3.8) is 0 Å². The molecule has 6 atom stereocenters. The van der Waals surface area contributed by atoms with Gasteiger partial charge in [-0.05, 0) is 139 Å². The van der Waals surface area contributed by atoms with E-state index in [2.05, 4.69) is 24.5 Å². The van der Waals surface area contributed by atoms with E-state index < -0.39 is 46.2 Å². The van der Waals surface area contributed by atoms with Crippen molar-refractivity contribution in [1.82, 2.24) is 10.6 Å². The molecular formula is C52H74F2N2O8. The molecule has 0 aromatic heterocycles. The summed E-state index contributed by atoms with van der Waals surface area (Å²) in [6.45, 7) is 15.2. The normalized spacial score (nSPS) is 25.5. The Hall–Kier alpha value is -4.22. The number of esters is 2. The number of carbonyl (C=O) groups excluding carboxylic acids is 4. The minimum absolute atomic E-state index is 0.0675. The summed E-state index contributed by atoms with van der Waals surface area (Å²) in [5.41, 5.74) is 0.459. The number of nitrogens with one attached hydrogen (secondary N) is 2. The Morgan fingerprint density at radius 2 is 0.953 bits per heavy atom. The van der Waals surface area contributed by atoms with Crippen molar-refractivity contribution in [3.8, 4) is 11.5 Å². The fourth-order valence-electron chi connectivity index (χ4n) is 11.2. The highest BCUT2D eigenvalue weighted by atomic mass is 19.1. The smallest absolute Gasteiger partial charge is 0.407 e. The summed E-state index contributed by atoms with van der Waals surface area (Å²) in [6, 6.07) is 5.77. The maximum atomic E-state index is 15.8. The molecule has 354 valence electrons. The third-order valence-corrected chi connectivity index (χ3v) is 14.2. The van der Waals surface area contributed by atoms with Gasteiger partial charge in [0.1, 0.15) is 34.3 Å². The zero-order valence-corrected chi connectivity index (χ0v) is 39.8. The van der Waals surface area contributed by atoms with Gasteiger partial charge in [0.15, 0.2) is 0 Å². The van der Waals surface area contributed by atoms with Gasteiger partial charge in [0.05, 0.1) is 0 Å². The molecule has 6 rings (SSSR count). The average Bonchev–Trinajstić information content (AvgIpc) is 3.17. The van der Waals surface area contributed by atoms with Crippen molar-refractivity contribution in [2.24, 2.45) is 11.8 Å². The van der Waals surface area contributed by atoms with Crippen molar-refractivity contribution in [3.05, 3.63) is 58.2 Å². The molecule has 4 aliphatic rings. The topological polar surface area (TPSA) is 129 Å². The molecule has 0 aliphatic heterocycles. The molecule has 2 aromatic rings. The van der Waals surface area contributed by atoms with Crippen LogP contribution in [0.2, 0.25) is 0 Å². The Morgan fingerprint density at radius 1 is 0.578 bits per heavy atom. The first kappa shape index (κ1) is 49.2. The maximum absolute atomic E-state index is 15.8. The van der Waals surface area contributed by atoms with Crippen molar-refractivity contribution in [1.29, 1.82) is 0 Å². The van der Waals surface area contributed by atoms with Crippen LogP contribution in [0.4, 0.5) is 18.4 Å². The monoisotopic (exact) mass is 893 g/mol. The highest BCUT2D eigenvalue weighted by Crippen LogP contribution is 2.50. The lowest BCUT2D eigenvalue weighted by molar-refractivity contribution is -0.135. The van der Waals surface area contributed by atoms with Crippen molar-refractivity contribution in [2.45, 2.75) is 218 Å². The summed E-state index contributed by atoms with van der Waals surface area (Å²) >= 11 is 0. The van der Waals surface area contributed by atoms with Crippen LogP contribution in [0.1, 0.15) is 193 Å². The molecule has 2 aromatic carbocycles. The molecule has 0 radical (unpaired) electrons. The third kappa shape index (κ3) is 12.4. The Kier molecular flexibility index (Phi) is 15.8. The molecule has 12 heteroatoms. The molecule has 2 N–H and O–H groups in total. The number of halogens is 2. The van der Waals surface area contributed by atoms with Gasteiger partial charge in [-0.25, -0.2) is 18.4 Å². The number of hydrogen-bond donors (Lipinski definition) is 2. The van der Waals surface area contributed by atoms with Gasteiger partial charge in [-0.2, -0.15) is 0 Å². The Labute approximate surface area is 380 Å². The molecule has 2 fully saturated rings. The van der Waals surface area contributed by atoms with Crippen molar-refractivity contribution >= 4 is 24.1 Å². The van der Waals surface area contributed by atoms with E-state index in [-0.39, 0.29) is 59.9 Å². The van der Waals surface area contributed by atoms with Crippen LogP contribution in [-0.4, -0.2) is 47.4 Å². The van der Waals surface area contributed by atoms with Crippen molar-refractivity contribution in [2.75, 3.05) is 0 Å². The number of ether oxygens (including phenoxy) is 4. The summed E-state index contributed by atoms with van der Waals surface area (Å²) in [7, 11) is 0. The van der Waals surface area contributed by atoms with Gasteiger partial charge in [-0.3, -0.25) is 9.59 Å². The molecule has 4 aliphatic carbocycles. The fraction of sp³-hybridized carbons (Fsp3) is 0.692. The van der Waals surface area contributed by atoms with E-state index in [4.69, 9.17) is 18.9 Å². The second-order valence-corrected chi connectivity index (χ2v) is 21.6. The number of rotatable bonds is 13. The van der Waals surface area contributed by atoms with Gasteiger partial charge in [0.2, 0.25) is 0 Å². The van der Waals surface area contributed by atoms with Crippen LogP contribution in [-0.2, 0) is 42.7 Å². The van der Waals surface area contributed by atoms with Gasteiger partial charge >= 0.3 is 24.1 Å². The molecule has 2 saturated carbocycles. The molecule has 4 bridgehead atoms. The second-order valence-electron chi connectivity index (χ2n) is 21.6. The number of hydrogen-bond acceptors (Lipinski definition) is 8. The zero-order chi connectivity index (χ0) is 46.5. The average molecular weight is 893 g/mol. The highest BCUT2D eigenvalue weighted by molar-refractivity contribution is 5.73. The Bertz CT molecular complexity index is 1870. The first-order valence-electron chi connectivity index (χ1n) is 24.2. The number of amides is 2. The molecular weight excluding hydrogens is 819 g/mol. The van der Waals surface area contributed by atoms with Crippen LogP contribution in [0.3, 0.4) is 0 Å². The van der Waals surface area contributed by atoms with Gasteiger partial charge in [0.25, 0.3) is 0 Å². The number of carbonyl (C=O) groups is 4. The van der Waals surface area contributed by atoms with Gasteiger partial charge < -0.3 is 29.6 Å². The first-order valence-corrected chi connectivity index (χ1v) is 24.2. The molecule has 10 nitrogen and oxygen atoms in total. The number of fused-ring (bicyclic) bond motifs is 8. The first-order chi connectivity index (χ1) is 30.1. The minimum atomic E-state index is -0.646. The van der Waals surface area contributed by atoms with Gasteiger partial charge in [-0.1, -0.05) is 78.1 Å². The van der Waals surface area contributed by atoms with Crippen LogP contribution in [0.15, 0.2) is 24.3 Å². The third-order valence-electron chi connectivity index (χ3n) is 14.2. The molecule has 64 heavy (non-hydrogen) atoms. The van der Waals surface area contributed by atoms with Crippen LogP contribution in [0.5, 0.6) is 11.5 Å². The quantitative estimate of drug-likeness (QED) is 0.116. The summed E-state index contributed by atoms with van der Waals surface area (Å²) in [6.07, 6.45) is 14.4. The standard InChI is InChI=1S/C52H74F2N2O8/c1-49(2,3)63-47(59)55-45-33-21-15-13-19-25-51(45,7)39-29-35(31-41(53)37(39)27-33)61-43(57)23-17-11-9-10-12-18-24-44(58)62-36-30-40-38(42(54)32-36)28-34-22-16-14-20-26-52(40,8)46(34)56-48(60)64-50(4,5)6/h29-34,45-46H,9-28H2,1-8H3,(H,55,59)(H,56,60)/t33-,34-,45-,46-,51+,52+/m0/s1. The van der Waals surface area contributed by atoms with E-state index in [1.54, 1.807) is 12.1 Å².